The Bertz CT molecular complexity index is 1680. The van der Waals surface area contributed by atoms with E-state index >= 15 is 0 Å². The van der Waals surface area contributed by atoms with E-state index in [4.69, 9.17) is 19.2 Å². The number of methoxy groups -OCH3 is 2. The van der Waals surface area contributed by atoms with Gasteiger partial charge in [-0.15, -0.1) is 11.3 Å². The van der Waals surface area contributed by atoms with E-state index in [1.807, 2.05) is 48.5 Å². The summed E-state index contributed by atoms with van der Waals surface area (Å²) in [7, 11) is 3.22. The quantitative estimate of drug-likeness (QED) is 0.277. The topological polar surface area (TPSA) is 66.4 Å². The normalized spacial score (nSPS) is 11.2. The summed E-state index contributed by atoms with van der Waals surface area (Å²) >= 11 is 1.68. The maximum absolute atomic E-state index is 6.55. The number of nitrogens with zero attached hydrogens (tertiary/aromatic N) is 3. The smallest absolute Gasteiger partial charge is 0.162 e. The fourth-order valence-corrected chi connectivity index (χ4v) is 5.02. The van der Waals surface area contributed by atoms with Crippen LogP contribution in [-0.2, 0) is 0 Å². The molecule has 0 fully saturated rings. The lowest BCUT2D eigenvalue weighted by Gasteiger charge is -2.14. The molecule has 0 atom stereocenters. The van der Waals surface area contributed by atoms with Crippen LogP contribution >= 0.6 is 11.3 Å². The van der Waals surface area contributed by atoms with Crippen molar-refractivity contribution in [3.8, 4) is 34.3 Å². The maximum Gasteiger partial charge on any atom is 0.162 e. The average Bonchev–Trinajstić information content (AvgIpc) is 3.31. The number of hydrogen-bond donors (Lipinski definition) is 0. The molecule has 0 aliphatic heterocycles. The minimum absolute atomic E-state index is 0.609. The summed E-state index contributed by atoms with van der Waals surface area (Å²) in [4.78, 5) is 13.9. The first-order chi connectivity index (χ1) is 16.7. The number of fused-ring (bicyclic) bond motifs is 3. The van der Waals surface area contributed by atoms with Gasteiger partial charge in [0.2, 0.25) is 0 Å². The Balaban J connectivity index is 1.57. The van der Waals surface area contributed by atoms with Crippen molar-refractivity contribution in [1.82, 2.24) is 15.0 Å². The number of rotatable bonds is 5. The Labute approximate surface area is 199 Å². The van der Waals surface area contributed by atoms with Crippen LogP contribution in [0.2, 0.25) is 0 Å². The Morgan fingerprint density at radius 1 is 0.735 bits per heavy atom. The second-order valence-electron chi connectivity index (χ2n) is 7.67. The van der Waals surface area contributed by atoms with Crippen LogP contribution < -0.4 is 14.2 Å². The van der Waals surface area contributed by atoms with Gasteiger partial charge in [0.25, 0.3) is 0 Å². The van der Waals surface area contributed by atoms with E-state index in [1.165, 1.54) is 4.70 Å². The van der Waals surface area contributed by atoms with Crippen LogP contribution in [0.15, 0.2) is 78.4 Å². The van der Waals surface area contributed by atoms with Gasteiger partial charge in [0.15, 0.2) is 22.9 Å². The first-order valence-electron chi connectivity index (χ1n) is 10.7. The number of hydrogen-bond acceptors (Lipinski definition) is 7. The molecule has 2 aromatic carbocycles. The van der Waals surface area contributed by atoms with E-state index in [0.29, 0.717) is 28.6 Å². The minimum Gasteiger partial charge on any atom is -0.493 e. The van der Waals surface area contributed by atoms with E-state index in [0.717, 1.165) is 32.9 Å². The van der Waals surface area contributed by atoms with Gasteiger partial charge in [-0.2, -0.15) is 0 Å². The highest BCUT2D eigenvalue weighted by Crippen LogP contribution is 2.42. The molecule has 0 radical (unpaired) electrons. The van der Waals surface area contributed by atoms with E-state index < -0.39 is 0 Å². The Hall–Kier alpha value is -4.23. The van der Waals surface area contributed by atoms with E-state index in [1.54, 1.807) is 38.0 Å². The second-order valence-corrected chi connectivity index (χ2v) is 8.58. The molecule has 0 amide bonds. The van der Waals surface area contributed by atoms with E-state index in [-0.39, 0.29) is 0 Å². The molecule has 0 N–H and O–H groups in total. The molecule has 0 bridgehead atoms. The molecule has 0 saturated carbocycles. The van der Waals surface area contributed by atoms with Gasteiger partial charge >= 0.3 is 0 Å². The highest BCUT2D eigenvalue weighted by atomic mass is 32.1. The Morgan fingerprint density at radius 2 is 1.59 bits per heavy atom. The lowest BCUT2D eigenvalue weighted by atomic mass is 10.1. The molecule has 4 aromatic heterocycles. The monoisotopic (exact) mass is 465 g/mol. The third-order valence-electron chi connectivity index (χ3n) is 5.72. The second kappa shape index (κ2) is 8.28. The molecule has 6 rings (SSSR count). The van der Waals surface area contributed by atoms with Crippen molar-refractivity contribution in [3.05, 3.63) is 78.4 Å². The molecule has 34 heavy (non-hydrogen) atoms. The highest BCUT2D eigenvalue weighted by molar-refractivity contribution is 7.17. The molecule has 0 unspecified atom stereocenters. The van der Waals surface area contributed by atoms with Crippen LogP contribution in [-0.4, -0.2) is 29.2 Å². The number of pyridine rings is 3. The van der Waals surface area contributed by atoms with Gasteiger partial charge in [-0.1, -0.05) is 18.2 Å². The summed E-state index contributed by atoms with van der Waals surface area (Å²) in [6, 6.07) is 19.7. The molecule has 6 nitrogen and oxygen atoms in total. The van der Waals surface area contributed by atoms with Gasteiger partial charge in [-0.3, -0.25) is 4.98 Å². The largest absolute Gasteiger partial charge is 0.493 e. The van der Waals surface area contributed by atoms with Crippen molar-refractivity contribution in [3.63, 3.8) is 0 Å². The number of ether oxygens (including phenoxy) is 3. The summed E-state index contributed by atoms with van der Waals surface area (Å²) in [5.74, 6) is 2.52. The summed E-state index contributed by atoms with van der Waals surface area (Å²) in [6.07, 6.45) is 3.47. The standard InChI is InChI=1S/C27H19N3O3S/c1-31-22-13-18-20(14-23(22)32-2)28-11-9-21(18)33-24-12-16-6-5-10-29-27(16)30-26(24)19-15-34-25-8-4-3-7-17(19)25/h3-15H,1-2H3. The van der Waals surface area contributed by atoms with Crippen LogP contribution in [0.25, 0.3) is 43.3 Å². The summed E-state index contributed by atoms with van der Waals surface area (Å²) in [6.45, 7) is 0. The van der Waals surface area contributed by atoms with Crippen molar-refractivity contribution >= 4 is 43.4 Å². The maximum atomic E-state index is 6.55. The van der Waals surface area contributed by atoms with Crippen molar-refractivity contribution < 1.29 is 14.2 Å². The third-order valence-corrected chi connectivity index (χ3v) is 6.68. The van der Waals surface area contributed by atoms with Gasteiger partial charge in [-0.25, -0.2) is 9.97 Å². The predicted molar refractivity (Wildman–Crippen MR) is 135 cm³/mol. The molecule has 4 heterocycles. The van der Waals surface area contributed by atoms with Crippen molar-refractivity contribution in [1.29, 1.82) is 0 Å². The van der Waals surface area contributed by atoms with E-state index in [9.17, 15) is 0 Å². The van der Waals surface area contributed by atoms with Crippen LogP contribution in [0, 0.1) is 0 Å². The molecule has 6 aromatic rings. The van der Waals surface area contributed by atoms with Crippen LogP contribution in [0.3, 0.4) is 0 Å². The summed E-state index contributed by atoms with van der Waals surface area (Å²) < 4.78 is 18.7. The van der Waals surface area contributed by atoms with Gasteiger partial charge < -0.3 is 14.2 Å². The third kappa shape index (κ3) is 3.38. The molecule has 0 saturated heterocycles. The fraction of sp³-hybridized carbons (Fsp3) is 0.0741. The molecular formula is C27H19N3O3S. The molecule has 0 aliphatic rings. The lowest BCUT2D eigenvalue weighted by Crippen LogP contribution is -1.96. The van der Waals surface area contributed by atoms with Gasteiger partial charge in [0, 0.05) is 50.3 Å². The summed E-state index contributed by atoms with van der Waals surface area (Å²) in [5, 5.41) is 4.96. The van der Waals surface area contributed by atoms with Gasteiger partial charge in [0.1, 0.15) is 11.4 Å². The zero-order valence-electron chi connectivity index (χ0n) is 18.5. The van der Waals surface area contributed by atoms with Crippen LogP contribution in [0.1, 0.15) is 0 Å². The van der Waals surface area contributed by atoms with Crippen LogP contribution in [0.4, 0.5) is 0 Å². The molecular weight excluding hydrogens is 446 g/mol. The van der Waals surface area contributed by atoms with Gasteiger partial charge in [0.05, 0.1) is 19.7 Å². The number of aromatic nitrogens is 3. The number of thiophene rings is 1. The number of benzene rings is 2. The summed E-state index contributed by atoms with van der Waals surface area (Å²) in [5.41, 5.74) is 3.18. The van der Waals surface area contributed by atoms with E-state index in [2.05, 4.69) is 27.5 Å². The molecule has 7 heteroatoms. The van der Waals surface area contributed by atoms with Crippen molar-refractivity contribution in [2.45, 2.75) is 0 Å². The predicted octanol–water partition coefficient (Wildman–Crippen LogP) is 6.87. The van der Waals surface area contributed by atoms with Crippen molar-refractivity contribution in [2.24, 2.45) is 0 Å². The molecule has 0 spiro atoms. The Morgan fingerprint density at radius 3 is 2.47 bits per heavy atom. The zero-order valence-corrected chi connectivity index (χ0v) is 19.3. The SMILES string of the molecule is COc1cc2nccc(Oc3cc4cccnc4nc3-c3csc4ccccc34)c2cc1OC. The first-order valence-corrected chi connectivity index (χ1v) is 11.5. The van der Waals surface area contributed by atoms with Crippen molar-refractivity contribution in [2.75, 3.05) is 14.2 Å². The molecule has 0 aliphatic carbocycles. The highest BCUT2D eigenvalue weighted by Gasteiger charge is 2.18. The Kier molecular flexibility index (Phi) is 4.96. The average molecular weight is 466 g/mol. The van der Waals surface area contributed by atoms with Crippen LogP contribution in [0.5, 0.6) is 23.0 Å². The van der Waals surface area contributed by atoms with Gasteiger partial charge in [-0.05, 0) is 36.4 Å². The minimum atomic E-state index is 0.609. The molecule has 166 valence electrons. The lowest BCUT2D eigenvalue weighted by molar-refractivity contribution is 0.355. The zero-order chi connectivity index (χ0) is 23.1. The fourth-order valence-electron chi connectivity index (χ4n) is 4.07. The first kappa shape index (κ1) is 20.4.